The first kappa shape index (κ1) is 9.97. The van der Waals surface area contributed by atoms with Crippen molar-refractivity contribution in [1.82, 2.24) is 10.6 Å². The van der Waals surface area contributed by atoms with Gasteiger partial charge >= 0.3 is 6.18 Å². The van der Waals surface area contributed by atoms with E-state index < -0.39 is 23.5 Å². The fourth-order valence-corrected chi connectivity index (χ4v) is 1.04. The number of nitrogens with one attached hydrogen (secondary N) is 2. The molecule has 7 heteroatoms. The summed E-state index contributed by atoms with van der Waals surface area (Å²) in [5.41, 5.74) is -2.00. The zero-order valence-corrected chi connectivity index (χ0v) is 6.66. The second kappa shape index (κ2) is 2.69. The predicted octanol–water partition coefficient (Wildman–Crippen LogP) is -0.447. The van der Waals surface area contributed by atoms with Gasteiger partial charge in [-0.15, -0.1) is 0 Å². The van der Waals surface area contributed by atoms with Crippen LogP contribution in [0.1, 0.15) is 6.92 Å². The van der Waals surface area contributed by atoms with Crippen LogP contribution in [0.5, 0.6) is 0 Å². The number of rotatable bonds is 1. The first-order valence-corrected chi connectivity index (χ1v) is 3.43. The summed E-state index contributed by atoms with van der Waals surface area (Å²) in [4.78, 5) is 21.3. The summed E-state index contributed by atoms with van der Waals surface area (Å²) >= 11 is 0. The van der Waals surface area contributed by atoms with Gasteiger partial charge in [-0.05, 0) is 6.92 Å². The molecule has 2 N–H and O–H groups in total. The van der Waals surface area contributed by atoms with E-state index in [0.717, 1.165) is 6.92 Å². The third-order valence-corrected chi connectivity index (χ3v) is 1.70. The Labute approximate surface area is 71.5 Å². The van der Waals surface area contributed by atoms with Gasteiger partial charge in [-0.1, -0.05) is 0 Å². The van der Waals surface area contributed by atoms with Crippen LogP contribution in [0.4, 0.5) is 13.2 Å². The molecule has 74 valence electrons. The largest absolute Gasteiger partial charge is 0.453 e. The van der Waals surface area contributed by atoms with Crippen molar-refractivity contribution in [2.24, 2.45) is 0 Å². The number of hydrogen-bond donors (Lipinski definition) is 2. The van der Waals surface area contributed by atoms with Gasteiger partial charge in [-0.2, -0.15) is 13.2 Å². The predicted molar refractivity (Wildman–Crippen MR) is 35.6 cm³/mol. The summed E-state index contributed by atoms with van der Waals surface area (Å²) < 4.78 is 35.8. The van der Waals surface area contributed by atoms with Crippen LogP contribution >= 0.6 is 0 Å². The van der Waals surface area contributed by atoms with Crippen LogP contribution in [0.2, 0.25) is 0 Å². The summed E-state index contributed by atoms with van der Waals surface area (Å²) in [6.45, 7) is 0.700. The highest BCUT2D eigenvalue weighted by molar-refractivity contribution is 5.98. The smallest absolute Gasteiger partial charge is 0.330 e. The molecule has 0 saturated carbocycles. The zero-order valence-electron chi connectivity index (χ0n) is 6.66. The number of halogens is 3. The van der Waals surface area contributed by atoms with Crippen molar-refractivity contribution in [2.75, 3.05) is 6.54 Å². The second-order valence-corrected chi connectivity index (χ2v) is 2.85. The molecule has 13 heavy (non-hydrogen) atoms. The van der Waals surface area contributed by atoms with E-state index in [1.165, 1.54) is 0 Å². The molecule has 0 aromatic heterocycles. The lowest BCUT2D eigenvalue weighted by Gasteiger charge is -2.23. The normalized spacial score (nSPS) is 28.8. The fourth-order valence-electron chi connectivity index (χ4n) is 1.04. The van der Waals surface area contributed by atoms with E-state index in [1.54, 1.807) is 0 Å². The number of ketones is 1. The number of alkyl halides is 3. The van der Waals surface area contributed by atoms with Gasteiger partial charge in [0.1, 0.15) is 0 Å². The molecule has 0 aromatic carbocycles. The SMILES string of the molecule is CC1(C(=O)C(F)(F)F)NCC(=O)N1. The summed E-state index contributed by atoms with van der Waals surface area (Å²) in [5.74, 6) is -2.62. The maximum absolute atomic E-state index is 11.9. The third-order valence-electron chi connectivity index (χ3n) is 1.70. The Morgan fingerprint density at radius 3 is 2.38 bits per heavy atom. The molecule has 0 bridgehead atoms. The molecule has 0 aromatic rings. The van der Waals surface area contributed by atoms with Gasteiger partial charge in [0.05, 0.1) is 6.54 Å². The Hall–Kier alpha value is -1.11. The second-order valence-electron chi connectivity index (χ2n) is 2.85. The maximum atomic E-state index is 11.9. The Morgan fingerprint density at radius 1 is 1.54 bits per heavy atom. The molecular formula is C6H7F3N2O2. The van der Waals surface area contributed by atoms with Crippen molar-refractivity contribution in [1.29, 1.82) is 0 Å². The quantitative estimate of drug-likeness (QED) is 0.597. The van der Waals surface area contributed by atoms with E-state index in [4.69, 9.17) is 0 Å². The number of carbonyl (C=O) groups excluding carboxylic acids is 2. The number of hydrogen-bond acceptors (Lipinski definition) is 3. The number of carbonyl (C=O) groups is 2. The highest BCUT2D eigenvalue weighted by Crippen LogP contribution is 2.23. The van der Waals surface area contributed by atoms with E-state index in [0.29, 0.717) is 0 Å². The minimum absolute atomic E-state index is 0.279. The Bertz CT molecular complexity index is 263. The van der Waals surface area contributed by atoms with Crippen molar-refractivity contribution in [3.05, 3.63) is 0 Å². The molecular weight excluding hydrogens is 189 g/mol. The molecule has 1 aliphatic rings. The Balaban J connectivity index is 2.83. The van der Waals surface area contributed by atoms with Crippen LogP contribution < -0.4 is 10.6 Å². The molecule has 1 aliphatic heterocycles. The fraction of sp³-hybridized carbons (Fsp3) is 0.667. The van der Waals surface area contributed by atoms with Gasteiger partial charge in [0, 0.05) is 0 Å². The van der Waals surface area contributed by atoms with Gasteiger partial charge in [0.2, 0.25) is 5.91 Å². The van der Waals surface area contributed by atoms with Crippen LogP contribution in [-0.2, 0) is 9.59 Å². The van der Waals surface area contributed by atoms with E-state index in [9.17, 15) is 22.8 Å². The van der Waals surface area contributed by atoms with E-state index in [1.807, 2.05) is 5.32 Å². The molecule has 1 rings (SSSR count). The van der Waals surface area contributed by atoms with Gasteiger partial charge in [0.15, 0.2) is 5.66 Å². The third kappa shape index (κ3) is 1.80. The van der Waals surface area contributed by atoms with E-state index in [-0.39, 0.29) is 6.54 Å². The summed E-state index contributed by atoms with van der Waals surface area (Å²) in [6.07, 6.45) is -4.95. The minimum Gasteiger partial charge on any atom is -0.330 e. The molecule has 0 aliphatic carbocycles. The first-order chi connectivity index (χ1) is 5.76. The molecule has 0 spiro atoms. The highest BCUT2D eigenvalue weighted by atomic mass is 19.4. The van der Waals surface area contributed by atoms with Crippen LogP contribution in [0.15, 0.2) is 0 Å². The van der Waals surface area contributed by atoms with Gasteiger partial charge in [-0.25, -0.2) is 0 Å². The lowest BCUT2D eigenvalue weighted by Crippen LogP contribution is -2.58. The van der Waals surface area contributed by atoms with Crippen LogP contribution in [-0.4, -0.2) is 30.1 Å². The van der Waals surface area contributed by atoms with Crippen molar-refractivity contribution in [3.63, 3.8) is 0 Å². The van der Waals surface area contributed by atoms with Crippen LogP contribution in [0.3, 0.4) is 0 Å². The minimum atomic E-state index is -4.95. The first-order valence-electron chi connectivity index (χ1n) is 3.43. The number of Topliss-reactive ketones (excluding diaryl/α,β-unsaturated/α-hetero) is 1. The molecule has 1 unspecified atom stereocenters. The number of amides is 1. The van der Waals surface area contributed by atoms with Crippen LogP contribution in [0.25, 0.3) is 0 Å². The molecule has 1 saturated heterocycles. The molecule has 1 atom stereocenters. The Kier molecular flexibility index (Phi) is 2.07. The molecule has 4 nitrogen and oxygen atoms in total. The van der Waals surface area contributed by atoms with Crippen molar-refractivity contribution >= 4 is 11.7 Å². The van der Waals surface area contributed by atoms with Gasteiger partial charge < -0.3 is 5.32 Å². The highest BCUT2D eigenvalue weighted by Gasteiger charge is 2.53. The van der Waals surface area contributed by atoms with Crippen LogP contribution in [0, 0.1) is 0 Å². The Morgan fingerprint density at radius 2 is 2.08 bits per heavy atom. The summed E-state index contributed by atoms with van der Waals surface area (Å²) in [6, 6.07) is 0. The standard InChI is InChI=1S/C6H7F3N2O2/c1-5(4(13)6(7,8)9)10-2-3(12)11-5/h10H,2H2,1H3,(H,11,12). The maximum Gasteiger partial charge on any atom is 0.453 e. The monoisotopic (exact) mass is 196 g/mol. The van der Waals surface area contributed by atoms with Crippen molar-refractivity contribution in [3.8, 4) is 0 Å². The van der Waals surface area contributed by atoms with Crippen molar-refractivity contribution in [2.45, 2.75) is 18.8 Å². The van der Waals surface area contributed by atoms with Crippen molar-refractivity contribution < 1.29 is 22.8 Å². The van der Waals surface area contributed by atoms with Gasteiger partial charge in [0.25, 0.3) is 5.78 Å². The van der Waals surface area contributed by atoms with E-state index in [2.05, 4.69) is 5.32 Å². The average molecular weight is 196 g/mol. The molecule has 1 heterocycles. The lowest BCUT2D eigenvalue weighted by atomic mass is 10.1. The lowest BCUT2D eigenvalue weighted by molar-refractivity contribution is -0.178. The van der Waals surface area contributed by atoms with E-state index >= 15 is 0 Å². The summed E-state index contributed by atoms with van der Waals surface area (Å²) in [7, 11) is 0. The summed E-state index contributed by atoms with van der Waals surface area (Å²) in [5, 5.41) is 4.08. The molecule has 0 radical (unpaired) electrons. The molecule has 1 amide bonds. The average Bonchev–Trinajstić information content (AvgIpc) is 2.29. The topological polar surface area (TPSA) is 58.2 Å². The molecule has 1 fully saturated rings. The zero-order chi connectivity index (χ0) is 10.3. The van der Waals surface area contributed by atoms with Gasteiger partial charge in [-0.3, -0.25) is 14.9 Å².